The number of rotatable bonds is 2. The van der Waals surface area contributed by atoms with Gasteiger partial charge in [-0.3, -0.25) is 10.9 Å². The fraction of sp³-hybridized carbons (Fsp3) is 0.333. The van der Waals surface area contributed by atoms with Crippen LogP contribution in [-0.4, -0.2) is 16.3 Å². The van der Waals surface area contributed by atoms with Gasteiger partial charge < -0.3 is 0 Å². The summed E-state index contributed by atoms with van der Waals surface area (Å²) in [5, 5.41) is 10.5. The fourth-order valence-corrected chi connectivity index (χ4v) is 1.25. The third kappa shape index (κ3) is 3.20. The second-order valence-electron chi connectivity index (χ2n) is 2.43. The van der Waals surface area contributed by atoms with Gasteiger partial charge in [-0.25, -0.2) is 5.43 Å². The van der Waals surface area contributed by atoms with Crippen LogP contribution < -0.4 is 16.3 Å². The Morgan fingerprint density at radius 1 is 1.77 bits per heavy atom. The Bertz CT molecular complexity index is 281. The lowest BCUT2D eigenvalue weighted by molar-refractivity contribution is 0.0908. The highest BCUT2D eigenvalue weighted by molar-refractivity contribution is 7.84. The molecule has 0 aromatic heterocycles. The molecule has 0 radical (unpaired) electrons. The number of thiol groups is 1. The molecular formula is C6H9N5S2. The Hall–Kier alpha value is -0.810. The molecule has 3 N–H and O–H groups in total. The van der Waals surface area contributed by atoms with E-state index in [2.05, 4.69) is 28.9 Å². The molecule has 1 unspecified atom stereocenters. The van der Waals surface area contributed by atoms with Crippen LogP contribution in [0.3, 0.4) is 0 Å². The van der Waals surface area contributed by atoms with E-state index in [1.165, 1.54) is 5.23 Å². The topological polar surface area (TPSA) is 63.1 Å². The van der Waals surface area contributed by atoms with Crippen LogP contribution in [0.1, 0.15) is 6.92 Å². The largest absolute Gasteiger partial charge is 0.281 e. The molecule has 0 aromatic carbocycles. The number of nitriles is 1. The van der Waals surface area contributed by atoms with Gasteiger partial charge in [0.2, 0.25) is 0 Å². The van der Waals surface area contributed by atoms with Crippen molar-refractivity contribution in [3.8, 4) is 6.07 Å². The van der Waals surface area contributed by atoms with Crippen molar-refractivity contribution in [3.05, 3.63) is 11.1 Å². The standard InChI is InChI=1S/C6H9N5S2/c1-4(3-7)8-11-9-5(12)2-6(13)10-11/h2,4,8-9,12H,1H3,(H,10,13). The molecule has 13 heavy (non-hydrogen) atoms. The Balaban J connectivity index is 2.52. The zero-order valence-corrected chi connectivity index (χ0v) is 8.62. The molecule has 1 atom stereocenters. The molecule has 0 bridgehead atoms. The minimum Gasteiger partial charge on any atom is -0.281 e. The Morgan fingerprint density at radius 2 is 2.46 bits per heavy atom. The summed E-state index contributed by atoms with van der Waals surface area (Å²) < 4.78 is 0. The minimum atomic E-state index is -0.318. The summed E-state index contributed by atoms with van der Waals surface area (Å²) in [6.45, 7) is 1.73. The number of hydrogen-bond acceptors (Lipinski definition) is 6. The van der Waals surface area contributed by atoms with Crippen LogP contribution in [-0.2, 0) is 0 Å². The van der Waals surface area contributed by atoms with E-state index in [9.17, 15) is 0 Å². The minimum absolute atomic E-state index is 0.318. The average Bonchev–Trinajstić information content (AvgIpc) is 2.02. The van der Waals surface area contributed by atoms with Gasteiger partial charge in [0.05, 0.1) is 11.1 Å². The predicted molar refractivity (Wildman–Crippen MR) is 56.0 cm³/mol. The van der Waals surface area contributed by atoms with Crippen molar-refractivity contribution in [2.24, 2.45) is 0 Å². The maximum Gasteiger partial charge on any atom is 0.118 e. The SMILES string of the molecule is CC(C#N)NN1NC(=S)C=C(S)N1. The Labute approximate surface area is 87.1 Å². The van der Waals surface area contributed by atoms with E-state index in [-0.39, 0.29) is 6.04 Å². The maximum atomic E-state index is 8.54. The molecule has 1 aliphatic rings. The molecule has 1 heterocycles. The number of thiocarbonyl (C=S) groups is 1. The van der Waals surface area contributed by atoms with Gasteiger partial charge in [-0.05, 0) is 6.92 Å². The van der Waals surface area contributed by atoms with E-state index in [1.54, 1.807) is 13.0 Å². The van der Waals surface area contributed by atoms with Gasteiger partial charge in [0.1, 0.15) is 11.0 Å². The number of nitrogens with one attached hydrogen (secondary N) is 3. The van der Waals surface area contributed by atoms with Gasteiger partial charge in [-0.15, -0.1) is 12.6 Å². The van der Waals surface area contributed by atoms with Gasteiger partial charge >= 0.3 is 0 Å². The molecule has 1 aliphatic heterocycles. The molecule has 0 aromatic rings. The fourth-order valence-electron chi connectivity index (χ4n) is 0.728. The summed E-state index contributed by atoms with van der Waals surface area (Å²) in [5.74, 6) is 0. The summed E-state index contributed by atoms with van der Waals surface area (Å²) >= 11 is 9.00. The van der Waals surface area contributed by atoms with Gasteiger partial charge in [0.25, 0.3) is 0 Å². The smallest absolute Gasteiger partial charge is 0.118 e. The monoisotopic (exact) mass is 215 g/mol. The zero-order valence-electron chi connectivity index (χ0n) is 6.90. The van der Waals surface area contributed by atoms with E-state index < -0.39 is 0 Å². The van der Waals surface area contributed by atoms with Gasteiger partial charge in [0.15, 0.2) is 0 Å². The molecule has 7 heteroatoms. The first kappa shape index (κ1) is 10.3. The zero-order chi connectivity index (χ0) is 9.84. The van der Waals surface area contributed by atoms with Gasteiger partial charge in [0, 0.05) is 6.08 Å². The van der Waals surface area contributed by atoms with E-state index in [0.717, 1.165) is 0 Å². The number of hydrogen-bond donors (Lipinski definition) is 4. The number of hydrazine groups is 3. The van der Waals surface area contributed by atoms with Crippen LogP contribution in [0.5, 0.6) is 0 Å². The van der Waals surface area contributed by atoms with Crippen LogP contribution in [0.2, 0.25) is 0 Å². The third-order valence-electron chi connectivity index (χ3n) is 1.23. The van der Waals surface area contributed by atoms with Crippen LogP contribution in [0.25, 0.3) is 0 Å². The molecular weight excluding hydrogens is 206 g/mol. The van der Waals surface area contributed by atoms with E-state index in [1.807, 2.05) is 6.07 Å². The summed E-state index contributed by atoms with van der Waals surface area (Å²) in [6.07, 6.45) is 1.66. The highest BCUT2D eigenvalue weighted by atomic mass is 32.1. The van der Waals surface area contributed by atoms with Crippen molar-refractivity contribution in [3.63, 3.8) is 0 Å². The van der Waals surface area contributed by atoms with Crippen molar-refractivity contribution < 1.29 is 0 Å². The highest BCUT2D eigenvalue weighted by Gasteiger charge is 2.13. The molecule has 5 nitrogen and oxygen atoms in total. The number of nitrogens with zero attached hydrogens (tertiary/aromatic N) is 2. The van der Waals surface area contributed by atoms with E-state index in [4.69, 9.17) is 17.5 Å². The first-order valence-corrected chi connectivity index (χ1v) is 4.41. The van der Waals surface area contributed by atoms with Crippen LogP contribution in [0, 0.1) is 11.3 Å². The lowest BCUT2D eigenvalue weighted by Crippen LogP contribution is -2.60. The average molecular weight is 215 g/mol. The van der Waals surface area contributed by atoms with E-state index >= 15 is 0 Å². The normalized spacial score (nSPS) is 19.5. The lowest BCUT2D eigenvalue weighted by atomic mass is 10.4. The van der Waals surface area contributed by atoms with E-state index in [0.29, 0.717) is 10.0 Å². The van der Waals surface area contributed by atoms with Crippen LogP contribution >= 0.6 is 24.8 Å². The molecule has 1 rings (SSSR count). The molecule has 0 spiro atoms. The Kier molecular flexibility index (Phi) is 3.50. The second-order valence-corrected chi connectivity index (χ2v) is 3.35. The Morgan fingerprint density at radius 3 is 3.00 bits per heavy atom. The second kappa shape index (κ2) is 4.43. The summed E-state index contributed by atoms with van der Waals surface area (Å²) in [4.78, 5) is 0.529. The molecule has 0 amide bonds. The van der Waals surface area contributed by atoms with Gasteiger partial charge in [-0.2, -0.15) is 5.26 Å². The van der Waals surface area contributed by atoms with Crippen molar-refractivity contribution in [1.82, 2.24) is 21.5 Å². The first-order chi connectivity index (χ1) is 6.11. The van der Waals surface area contributed by atoms with Crippen LogP contribution in [0.15, 0.2) is 11.1 Å². The summed E-state index contributed by atoms with van der Waals surface area (Å²) in [6, 6.07) is 1.70. The highest BCUT2D eigenvalue weighted by Crippen LogP contribution is 2.00. The van der Waals surface area contributed by atoms with Crippen LogP contribution in [0.4, 0.5) is 0 Å². The quantitative estimate of drug-likeness (QED) is 0.379. The molecule has 0 fully saturated rings. The summed E-state index contributed by atoms with van der Waals surface area (Å²) in [7, 11) is 0. The maximum absolute atomic E-state index is 8.54. The molecule has 0 aliphatic carbocycles. The summed E-state index contributed by atoms with van der Waals surface area (Å²) in [5.41, 5.74) is 8.39. The van der Waals surface area contributed by atoms with Crippen molar-refractivity contribution in [2.45, 2.75) is 13.0 Å². The molecule has 70 valence electrons. The first-order valence-electron chi connectivity index (χ1n) is 3.55. The molecule has 0 saturated carbocycles. The van der Waals surface area contributed by atoms with Crippen molar-refractivity contribution in [2.75, 3.05) is 0 Å². The van der Waals surface area contributed by atoms with Crippen molar-refractivity contribution >= 4 is 29.8 Å². The lowest BCUT2D eigenvalue weighted by Gasteiger charge is -2.29. The van der Waals surface area contributed by atoms with Crippen molar-refractivity contribution in [1.29, 1.82) is 5.26 Å². The predicted octanol–water partition coefficient (Wildman–Crippen LogP) is -0.174. The third-order valence-corrected chi connectivity index (χ3v) is 1.67. The molecule has 0 saturated heterocycles. The van der Waals surface area contributed by atoms with Gasteiger partial charge in [-0.1, -0.05) is 17.4 Å².